The van der Waals surface area contributed by atoms with Gasteiger partial charge in [0, 0.05) is 18.7 Å². The van der Waals surface area contributed by atoms with Gasteiger partial charge in [-0.15, -0.1) is 0 Å². The van der Waals surface area contributed by atoms with Crippen LogP contribution >= 0.6 is 0 Å². The molecule has 1 saturated carbocycles. The molecule has 1 aromatic carbocycles. The number of carbonyl (C=O) groups excluding carboxylic acids is 1. The molecule has 0 bridgehead atoms. The van der Waals surface area contributed by atoms with Gasteiger partial charge in [0.2, 0.25) is 11.7 Å². The number of hydrogen-bond donors (Lipinski definition) is 1. The minimum Gasteiger partial charge on any atom is -0.493 e. The normalized spacial score (nSPS) is 21.9. The summed E-state index contributed by atoms with van der Waals surface area (Å²) >= 11 is 0. The van der Waals surface area contributed by atoms with Crippen LogP contribution in [0.15, 0.2) is 6.07 Å². The van der Waals surface area contributed by atoms with E-state index in [0.717, 1.165) is 11.1 Å². The second-order valence-corrected chi connectivity index (χ2v) is 6.74. The van der Waals surface area contributed by atoms with E-state index >= 15 is 0 Å². The Kier molecular flexibility index (Phi) is 5.25. The minimum absolute atomic E-state index is 0.0469. The Hall–Kier alpha value is -2.44. The van der Waals surface area contributed by atoms with Gasteiger partial charge in [-0.3, -0.25) is 9.59 Å². The third kappa shape index (κ3) is 3.06. The summed E-state index contributed by atoms with van der Waals surface area (Å²) in [6, 6.07) is 1.94. The van der Waals surface area contributed by atoms with Gasteiger partial charge in [-0.2, -0.15) is 0 Å². The number of nitrogens with zero attached hydrogens (tertiary/aromatic N) is 1. The summed E-state index contributed by atoms with van der Waals surface area (Å²) in [7, 11) is 4.75. The van der Waals surface area contributed by atoms with Crippen LogP contribution in [0.3, 0.4) is 0 Å². The van der Waals surface area contributed by atoms with Crippen molar-refractivity contribution in [2.75, 3.05) is 34.4 Å². The van der Waals surface area contributed by atoms with E-state index in [1.807, 2.05) is 6.07 Å². The van der Waals surface area contributed by atoms with Crippen molar-refractivity contribution >= 4 is 11.9 Å². The van der Waals surface area contributed by atoms with Crippen LogP contribution in [0.25, 0.3) is 0 Å². The van der Waals surface area contributed by atoms with Crippen molar-refractivity contribution in [3.63, 3.8) is 0 Å². The molecule has 1 aromatic rings. The Bertz CT molecular complexity index is 716. The molecule has 2 unspecified atom stereocenters. The van der Waals surface area contributed by atoms with Crippen LogP contribution in [0.1, 0.15) is 24.0 Å². The molecule has 142 valence electrons. The summed E-state index contributed by atoms with van der Waals surface area (Å²) in [4.78, 5) is 25.8. The van der Waals surface area contributed by atoms with E-state index in [-0.39, 0.29) is 11.8 Å². The van der Waals surface area contributed by atoms with E-state index in [4.69, 9.17) is 14.2 Å². The first-order valence-corrected chi connectivity index (χ1v) is 8.84. The van der Waals surface area contributed by atoms with Gasteiger partial charge in [0.1, 0.15) is 0 Å². The number of ether oxygens (including phenoxy) is 3. The lowest BCUT2D eigenvalue weighted by atomic mass is 9.73. The van der Waals surface area contributed by atoms with E-state index in [1.165, 1.54) is 0 Å². The van der Waals surface area contributed by atoms with Crippen molar-refractivity contribution in [3.8, 4) is 17.2 Å². The number of aliphatic carboxylic acids is 1. The number of benzene rings is 1. The fourth-order valence-corrected chi connectivity index (χ4v) is 3.92. The summed E-state index contributed by atoms with van der Waals surface area (Å²) in [6.45, 7) is 1.10. The molecule has 1 N–H and O–H groups in total. The average molecular weight is 363 g/mol. The molecule has 1 aliphatic carbocycles. The van der Waals surface area contributed by atoms with Crippen LogP contribution in [0.5, 0.6) is 17.2 Å². The molecular weight excluding hydrogens is 338 g/mol. The highest BCUT2D eigenvalue weighted by atomic mass is 16.5. The molecule has 2 aliphatic rings. The van der Waals surface area contributed by atoms with Crippen molar-refractivity contribution in [1.82, 2.24) is 4.90 Å². The van der Waals surface area contributed by atoms with Gasteiger partial charge in [-0.25, -0.2) is 0 Å². The zero-order valence-corrected chi connectivity index (χ0v) is 15.4. The lowest BCUT2D eigenvalue weighted by Gasteiger charge is -2.36. The molecular formula is C19H25NO6. The zero-order valence-electron chi connectivity index (χ0n) is 15.4. The largest absolute Gasteiger partial charge is 0.493 e. The molecule has 1 amide bonds. The first-order chi connectivity index (χ1) is 12.5. The van der Waals surface area contributed by atoms with Crippen LogP contribution in [0.4, 0.5) is 0 Å². The molecule has 3 rings (SSSR count). The molecule has 1 fully saturated rings. The Morgan fingerprint density at radius 1 is 1.00 bits per heavy atom. The summed E-state index contributed by atoms with van der Waals surface area (Å²) in [6.07, 6.45) is 2.55. The van der Waals surface area contributed by atoms with Gasteiger partial charge in [0.25, 0.3) is 0 Å². The lowest BCUT2D eigenvalue weighted by molar-refractivity contribution is -0.156. The maximum Gasteiger partial charge on any atom is 0.307 e. The Labute approximate surface area is 152 Å². The van der Waals surface area contributed by atoms with Crippen molar-refractivity contribution in [2.45, 2.75) is 25.7 Å². The molecule has 2 atom stereocenters. The van der Waals surface area contributed by atoms with Gasteiger partial charge in [0.15, 0.2) is 11.5 Å². The number of methoxy groups -OCH3 is 3. The lowest BCUT2D eigenvalue weighted by Crippen LogP contribution is -2.46. The number of hydrogen-bond acceptors (Lipinski definition) is 5. The maximum absolute atomic E-state index is 12.8. The predicted octanol–water partition coefficient (Wildman–Crippen LogP) is 1.75. The van der Waals surface area contributed by atoms with E-state index in [1.54, 1.807) is 26.2 Å². The Morgan fingerprint density at radius 2 is 1.65 bits per heavy atom. The molecule has 1 heterocycles. The SMILES string of the molecule is COc1cc2c(c(OC)c1OC)CCN(C(=O)C1CCC1C(=O)O)CC2. The fraction of sp³-hybridized carbons (Fsp3) is 0.579. The van der Waals surface area contributed by atoms with E-state index < -0.39 is 11.9 Å². The number of amides is 1. The summed E-state index contributed by atoms with van der Waals surface area (Å²) in [5.74, 6) is -0.0461. The van der Waals surface area contributed by atoms with Crippen LogP contribution in [0.2, 0.25) is 0 Å². The van der Waals surface area contributed by atoms with Gasteiger partial charge < -0.3 is 24.2 Å². The standard InChI is InChI=1S/C19H25NO6/c1-24-15-10-11-6-8-20(18(21)13-4-5-14(13)19(22)23)9-7-12(11)16(25-2)17(15)26-3/h10,13-14H,4-9H2,1-3H3,(H,22,23). The van der Waals surface area contributed by atoms with Crippen LogP contribution < -0.4 is 14.2 Å². The van der Waals surface area contributed by atoms with Crippen LogP contribution in [-0.4, -0.2) is 56.3 Å². The van der Waals surface area contributed by atoms with E-state index in [0.29, 0.717) is 56.0 Å². The Balaban J connectivity index is 1.83. The number of carboxylic acid groups (broad SMARTS) is 1. The number of rotatable bonds is 5. The minimum atomic E-state index is -0.871. The fourth-order valence-electron chi connectivity index (χ4n) is 3.92. The highest BCUT2D eigenvalue weighted by molar-refractivity contribution is 5.86. The van der Waals surface area contributed by atoms with Gasteiger partial charge >= 0.3 is 5.97 Å². The van der Waals surface area contributed by atoms with Crippen LogP contribution in [0, 0.1) is 11.8 Å². The molecule has 0 spiro atoms. The van der Waals surface area contributed by atoms with Crippen molar-refractivity contribution in [3.05, 3.63) is 17.2 Å². The number of carboxylic acids is 1. The summed E-state index contributed by atoms with van der Waals surface area (Å²) in [5.41, 5.74) is 2.09. The first kappa shape index (κ1) is 18.4. The third-order valence-corrected chi connectivity index (χ3v) is 5.53. The second kappa shape index (κ2) is 7.43. The van der Waals surface area contributed by atoms with Gasteiger partial charge in [-0.1, -0.05) is 0 Å². The molecule has 7 heteroatoms. The molecule has 0 saturated heterocycles. The number of fused-ring (bicyclic) bond motifs is 1. The quantitative estimate of drug-likeness (QED) is 0.858. The van der Waals surface area contributed by atoms with E-state index in [9.17, 15) is 14.7 Å². The Morgan fingerprint density at radius 3 is 2.19 bits per heavy atom. The second-order valence-electron chi connectivity index (χ2n) is 6.74. The molecule has 26 heavy (non-hydrogen) atoms. The third-order valence-electron chi connectivity index (χ3n) is 5.53. The monoisotopic (exact) mass is 363 g/mol. The molecule has 7 nitrogen and oxygen atoms in total. The van der Waals surface area contributed by atoms with Gasteiger partial charge in [-0.05, 0) is 37.3 Å². The zero-order chi connectivity index (χ0) is 18.8. The topological polar surface area (TPSA) is 85.3 Å². The van der Waals surface area contributed by atoms with Gasteiger partial charge in [0.05, 0.1) is 33.2 Å². The summed E-state index contributed by atoms with van der Waals surface area (Å²) < 4.78 is 16.4. The predicted molar refractivity (Wildman–Crippen MR) is 93.9 cm³/mol. The van der Waals surface area contributed by atoms with Crippen molar-refractivity contribution < 1.29 is 28.9 Å². The molecule has 1 aliphatic heterocycles. The van der Waals surface area contributed by atoms with E-state index in [2.05, 4.69) is 0 Å². The number of carbonyl (C=O) groups is 2. The summed E-state index contributed by atoms with van der Waals surface area (Å²) in [5, 5.41) is 9.22. The molecule has 0 radical (unpaired) electrons. The smallest absolute Gasteiger partial charge is 0.307 e. The van der Waals surface area contributed by atoms with Crippen LogP contribution in [-0.2, 0) is 22.4 Å². The highest BCUT2D eigenvalue weighted by Gasteiger charge is 2.43. The molecule has 0 aromatic heterocycles. The first-order valence-electron chi connectivity index (χ1n) is 8.84. The average Bonchev–Trinajstić information content (AvgIpc) is 2.80. The van der Waals surface area contributed by atoms with Crippen molar-refractivity contribution in [1.29, 1.82) is 0 Å². The maximum atomic E-state index is 12.8. The van der Waals surface area contributed by atoms with Crippen molar-refractivity contribution in [2.24, 2.45) is 11.8 Å². The highest BCUT2D eigenvalue weighted by Crippen LogP contribution is 2.43.